The van der Waals surface area contributed by atoms with Crippen LogP contribution in [-0.2, 0) is 5.41 Å². The molecule has 38 heavy (non-hydrogen) atoms. The normalized spacial score (nSPS) is 12.6. The van der Waals surface area contributed by atoms with E-state index in [4.69, 9.17) is 10.5 Å². The highest BCUT2D eigenvalue weighted by molar-refractivity contribution is 5.84. The number of para-hydroxylation sites is 1. The summed E-state index contributed by atoms with van der Waals surface area (Å²) >= 11 is 0. The monoisotopic (exact) mass is 485 g/mol. The van der Waals surface area contributed by atoms with Crippen LogP contribution < -0.4 is 5.32 Å². The van der Waals surface area contributed by atoms with Gasteiger partial charge in [-0.2, -0.15) is 10.5 Å². The molecule has 0 atom stereocenters. The summed E-state index contributed by atoms with van der Waals surface area (Å²) in [6.45, 7) is 0. The van der Waals surface area contributed by atoms with Crippen molar-refractivity contribution in [2.75, 3.05) is 5.32 Å². The van der Waals surface area contributed by atoms with Gasteiger partial charge in [0.25, 0.3) is 0 Å². The summed E-state index contributed by atoms with van der Waals surface area (Å²) in [5.74, 6) is 0. The van der Waals surface area contributed by atoms with Gasteiger partial charge in [0.15, 0.2) is 0 Å². The highest BCUT2D eigenvalue weighted by Gasteiger charge is 2.44. The number of hydrogen-bond donors (Lipinski definition) is 1. The van der Waals surface area contributed by atoms with Crippen molar-refractivity contribution in [1.82, 2.24) is 0 Å². The topological polar surface area (TPSA) is 59.6 Å². The molecule has 5 aromatic carbocycles. The first-order valence-corrected chi connectivity index (χ1v) is 12.5. The summed E-state index contributed by atoms with van der Waals surface area (Å²) in [7, 11) is 0. The van der Waals surface area contributed by atoms with E-state index < -0.39 is 5.41 Å². The lowest BCUT2D eigenvalue weighted by atomic mass is 9.62. The van der Waals surface area contributed by atoms with Gasteiger partial charge in [-0.15, -0.1) is 0 Å². The average Bonchev–Trinajstić information content (AvgIpc) is 2.99. The molecular formula is C35H23N3. The number of allylic oxidation sites excluding steroid dienone is 1. The molecule has 3 heteroatoms. The van der Waals surface area contributed by atoms with Crippen molar-refractivity contribution in [2.24, 2.45) is 0 Å². The van der Waals surface area contributed by atoms with Crippen LogP contribution in [0.25, 0.3) is 17.2 Å². The number of rotatable bonds is 4. The molecule has 0 aromatic heterocycles. The van der Waals surface area contributed by atoms with Crippen LogP contribution in [0.3, 0.4) is 0 Å². The second kappa shape index (κ2) is 9.58. The maximum atomic E-state index is 9.09. The largest absolute Gasteiger partial charge is 0.355 e. The Morgan fingerprint density at radius 2 is 1.13 bits per heavy atom. The van der Waals surface area contributed by atoms with E-state index in [1.165, 1.54) is 22.3 Å². The van der Waals surface area contributed by atoms with Crippen molar-refractivity contribution >= 4 is 17.5 Å². The van der Waals surface area contributed by atoms with Gasteiger partial charge in [-0.3, -0.25) is 0 Å². The van der Waals surface area contributed by atoms with E-state index in [1.807, 2.05) is 36.4 Å². The third kappa shape index (κ3) is 3.75. The fourth-order valence-corrected chi connectivity index (χ4v) is 5.55. The Balaban J connectivity index is 1.59. The number of hydrogen-bond acceptors (Lipinski definition) is 3. The van der Waals surface area contributed by atoms with Crippen LogP contribution in [0.4, 0.5) is 11.4 Å². The van der Waals surface area contributed by atoms with Crippen molar-refractivity contribution in [3.8, 4) is 23.3 Å². The lowest BCUT2D eigenvalue weighted by Crippen LogP contribution is -2.35. The van der Waals surface area contributed by atoms with Gasteiger partial charge in [-0.25, -0.2) is 0 Å². The Labute approximate surface area is 222 Å². The van der Waals surface area contributed by atoms with Crippen LogP contribution in [0.1, 0.15) is 27.8 Å². The second-order valence-electron chi connectivity index (χ2n) is 9.32. The molecule has 0 saturated heterocycles. The minimum absolute atomic E-state index is 0.0896. The molecule has 0 fully saturated rings. The summed E-state index contributed by atoms with van der Waals surface area (Å²) < 4.78 is 0. The second-order valence-corrected chi connectivity index (χ2v) is 9.32. The molecule has 0 aliphatic carbocycles. The Hall–Kier alpha value is -5.38. The first-order valence-electron chi connectivity index (χ1n) is 12.5. The zero-order valence-corrected chi connectivity index (χ0v) is 20.6. The minimum atomic E-state index is -0.507. The molecule has 6 rings (SSSR count). The first kappa shape index (κ1) is 23.0. The van der Waals surface area contributed by atoms with Gasteiger partial charge in [0, 0.05) is 11.4 Å². The van der Waals surface area contributed by atoms with Crippen LogP contribution in [0.5, 0.6) is 0 Å². The Morgan fingerprint density at radius 1 is 0.579 bits per heavy atom. The van der Waals surface area contributed by atoms with Crippen molar-refractivity contribution in [3.05, 3.63) is 161 Å². The van der Waals surface area contributed by atoms with Crippen molar-refractivity contribution in [2.45, 2.75) is 5.41 Å². The molecule has 0 radical (unpaired) electrons. The zero-order chi connectivity index (χ0) is 26.0. The van der Waals surface area contributed by atoms with Gasteiger partial charge in [0.05, 0.1) is 5.41 Å². The molecule has 1 aliphatic rings. The number of nitrogens with one attached hydrogen (secondary N) is 1. The van der Waals surface area contributed by atoms with Crippen molar-refractivity contribution < 1.29 is 0 Å². The Kier molecular flexibility index (Phi) is 5.81. The highest BCUT2D eigenvalue weighted by atomic mass is 14.9. The van der Waals surface area contributed by atoms with E-state index in [0.717, 1.165) is 28.1 Å². The van der Waals surface area contributed by atoms with Crippen LogP contribution in [0.2, 0.25) is 0 Å². The molecule has 3 nitrogen and oxygen atoms in total. The molecule has 5 aromatic rings. The molecule has 1 N–H and O–H groups in total. The van der Waals surface area contributed by atoms with Gasteiger partial charge in [0.1, 0.15) is 17.7 Å². The third-order valence-corrected chi connectivity index (χ3v) is 7.23. The smallest absolute Gasteiger partial charge is 0.130 e. The van der Waals surface area contributed by atoms with E-state index in [-0.39, 0.29) is 5.57 Å². The first-order chi connectivity index (χ1) is 18.7. The van der Waals surface area contributed by atoms with Crippen LogP contribution >= 0.6 is 0 Å². The lowest BCUT2D eigenvalue weighted by molar-refractivity contribution is 0.741. The van der Waals surface area contributed by atoms with Crippen LogP contribution in [0.15, 0.2) is 133 Å². The molecule has 1 heterocycles. The average molecular weight is 486 g/mol. The summed E-state index contributed by atoms with van der Waals surface area (Å²) in [6, 6.07) is 48.4. The van der Waals surface area contributed by atoms with E-state index in [1.54, 1.807) is 6.08 Å². The molecule has 0 bridgehead atoms. The maximum absolute atomic E-state index is 9.09. The molecule has 0 spiro atoms. The van der Waals surface area contributed by atoms with Crippen molar-refractivity contribution in [1.29, 1.82) is 10.5 Å². The van der Waals surface area contributed by atoms with Gasteiger partial charge in [0.2, 0.25) is 0 Å². The van der Waals surface area contributed by atoms with Crippen LogP contribution in [0, 0.1) is 22.7 Å². The van der Waals surface area contributed by atoms with Crippen LogP contribution in [-0.4, -0.2) is 0 Å². The Bertz CT molecular complexity index is 1680. The zero-order valence-electron chi connectivity index (χ0n) is 20.6. The fourth-order valence-electron chi connectivity index (χ4n) is 5.55. The fraction of sp³-hybridized carbons (Fsp3) is 0.0286. The number of anilines is 2. The SMILES string of the molecule is N#CC(C#N)=Cc1ccc(-c2ccc3c(c2)C(c2ccccc2)(c2ccccc2)c2ccccc2N3)cc1. The summed E-state index contributed by atoms with van der Waals surface area (Å²) in [5, 5.41) is 21.9. The lowest BCUT2D eigenvalue weighted by Gasteiger charge is -2.42. The third-order valence-electron chi connectivity index (χ3n) is 7.23. The molecule has 0 saturated carbocycles. The van der Waals surface area contributed by atoms with Gasteiger partial charge in [-0.1, -0.05) is 109 Å². The minimum Gasteiger partial charge on any atom is -0.355 e. The molecule has 1 aliphatic heterocycles. The Morgan fingerprint density at radius 3 is 1.76 bits per heavy atom. The van der Waals surface area contributed by atoms with Gasteiger partial charge >= 0.3 is 0 Å². The number of nitrogens with zero attached hydrogens (tertiary/aromatic N) is 2. The maximum Gasteiger partial charge on any atom is 0.130 e. The van der Waals surface area contributed by atoms with E-state index in [9.17, 15) is 0 Å². The number of fused-ring (bicyclic) bond motifs is 2. The highest BCUT2D eigenvalue weighted by Crippen LogP contribution is 2.54. The number of benzene rings is 5. The summed E-state index contributed by atoms with van der Waals surface area (Å²) in [5.41, 5.74) is 9.55. The van der Waals surface area contributed by atoms with Gasteiger partial charge < -0.3 is 5.32 Å². The standard InChI is InChI=1S/C35H23N3/c36-23-26(24-37)21-25-15-17-27(18-16-25)28-19-20-34-32(22-28)35(29-9-3-1-4-10-29,30-11-5-2-6-12-30)31-13-7-8-14-33(31)38-34/h1-22,38H. The number of nitriles is 2. The van der Waals surface area contributed by atoms with Gasteiger partial charge in [-0.05, 0) is 63.2 Å². The summed E-state index contributed by atoms with van der Waals surface area (Å²) in [6.07, 6.45) is 1.60. The van der Waals surface area contributed by atoms with E-state index >= 15 is 0 Å². The van der Waals surface area contributed by atoms with Crippen molar-refractivity contribution in [3.63, 3.8) is 0 Å². The van der Waals surface area contributed by atoms with E-state index in [2.05, 4.69) is 108 Å². The predicted molar refractivity (Wildman–Crippen MR) is 153 cm³/mol. The quantitative estimate of drug-likeness (QED) is 0.256. The van der Waals surface area contributed by atoms with E-state index in [0.29, 0.717) is 0 Å². The summed E-state index contributed by atoms with van der Waals surface area (Å²) in [4.78, 5) is 0. The predicted octanol–water partition coefficient (Wildman–Crippen LogP) is 8.22. The molecular weight excluding hydrogens is 462 g/mol. The molecule has 0 amide bonds. The molecule has 0 unspecified atom stereocenters. The molecule has 178 valence electrons.